The van der Waals surface area contributed by atoms with Gasteiger partial charge in [0.25, 0.3) is 0 Å². The molecule has 0 saturated heterocycles. The van der Waals surface area contributed by atoms with Crippen LogP contribution in [0.2, 0.25) is 0 Å². The largest absolute Gasteiger partial charge is 0.493 e. The first-order chi connectivity index (χ1) is 9.19. The summed E-state index contributed by atoms with van der Waals surface area (Å²) in [6, 6.07) is 10.1. The molecule has 2 N–H and O–H groups in total. The second kappa shape index (κ2) is 5.71. The third kappa shape index (κ3) is 2.69. The summed E-state index contributed by atoms with van der Waals surface area (Å²) in [6.45, 7) is 0.322. The van der Waals surface area contributed by atoms with Crippen molar-refractivity contribution in [1.29, 1.82) is 0 Å². The SMILES string of the molecule is COc1cc(-c2cccc(F)c2)cc(CN)c1OC. The van der Waals surface area contributed by atoms with Crippen molar-refractivity contribution in [3.8, 4) is 22.6 Å². The average Bonchev–Trinajstić information content (AvgIpc) is 2.45. The van der Waals surface area contributed by atoms with E-state index in [1.54, 1.807) is 20.3 Å². The summed E-state index contributed by atoms with van der Waals surface area (Å²) in [6.07, 6.45) is 0. The molecule has 0 fully saturated rings. The van der Waals surface area contributed by atoms with Gasteiger partial charge in [-0.25, -0.2) is 4.39 Å². The third-order valence-electron chi connectivity index (χ3n) is 2.93. The van der Waals surface area contributed by atoms with Gasteiger partial charge in [-0.3, -0.25) is 0 Å². The van der Waals surface area contributed by atoms with E-state index in [9.17, 15) is 4.39 Å². The van der Waals surface area contributed by atoms with Crippen molar-refractivity contribution < 1.29 is 13.9 Å². The minimum absolute atomic E-state index is 0.276. The summed E-state index contributed by atoms with van der Waals surface area (Å²) >= 11 is 0. The lowest BCUT2D eigenvalue weighted by molar-refractivity contribution is 0.352. The zero-order valence-corrected chi connectivity index (χ0v) is 10.9. The van der Waals surface area contributed by atoms with Crippen LogP contribution in [0.1, 0.15) is 5.56 Å². The standard InChI is InChI=1S/C15H16FNO2/c1-18-14-8-11(6-12(9-17)15(14)19-2)10-4-3-5-13(16)7-10/h3-8H,9,17H2,1-2H3. The topological polar surface area (TPSA) is 44.5 Å². The Labute approximate surface area is 111 Å². The molecule has 0 aromatic heterocycles. The van der Waals surface area contributed by atoms with Crippen LogP contribution in [0.25, 0.3) is 11.1 Å². The molecule has 2 aromatic carbocycles. The lowest BCUT2D eigenvalue weighted by atomic mass is 10.0. The van der Waals surface area contributed by atoms with Crippen molar-refractivity contribution in [3.63, 3.8) is 0 Å². The second-order valence-electron chi connectivity index (χ2n) is 4.09. The Kier molecular flexibility index (Phi) is 4.02. The van der Waals surface area contributed by atoms with Gasteiger partial charge in [-0.15, -0.1) is 0 Å². The first-order valence-corrected chi connectivity index (χ1v) is 5.90. The number of ether oxygens (including phenoxy) is 2. The Morgan fingerprint density at radius 3 is 2.42 bits per heavy atom. The van der Waals surface area contributed by atoms with Crippen molar-refractivity contribution in [2.24, 2.45) is 5.73 Å². The van der Waals surface area contributed by atoms with Gasteiger partial charge in [0.15, 0.2) is 11.5 Å². The van der Waals surface area contributed by atoms with E-state index >= 15 is 0 Å². The lowest BCUT2D eigenvalue weighted by Crippen LogP contribution is -2.02. The first kappa shape index (κ1) is 13.4. The van der Waals surface area contributed by atoms with Crippen LogP contribution < -0.4 is 15.2 Å². The molecule has 4 heteroatoms. The van der Waals surface area contributed by atoms with Crippen LogP contribution >= 0.6 is 0 Å². The maximum absolute atomic E-state index is 13.3. The van der Waals surface area contributed by atoms with E-state index in [4.69, 9.17) is 15.2 Å². The number of methoxy groups -OCH3 is 2. The zero-order chi connectivity index (χ0) is 13.8. The molecule has 100 valence electrons. The monoisotopic (exact) mass is 261 g/mol. The van der Waals surface area contributed by atoms with E-state index in [0.29, 0.717) is 18.0 Å². The van der Waals surface area contributed by atoms with Crippen LogP contribution in [0, 0.1) is 5.82 Å². The highest BCUT2D eigenvalue weighted by atomic mass is 19.1. The molecule has 0 saturated carbocycles. The van der Waals surface area contributed by atoms with E-state index in [2.05, 4.69) is 0 Å². The maximum atomic E-state index is 13.3. The average molecular weight is 261 g/mol. The van der Waals surface area contributed by atoms with Crippen molar-refractivity contribution >= 4 is 0 Å². The van der Waals surface area contributed by atoms with Crippen LogP contribution in [0.15, 0.2) is 36.4 Å². The van der Waals surface area contributed by atoms with Crippen LogP contribution in [0.3, 0.4) is 0 Å². The fourth-order valence-corrected chi connectivity index (χ4v) is 2.03. The fraction of sp³-hybridized carbons (Fsp3) is 0.200. The fourth-order valence-electron chi connectivity index (χ4n) is 2.03. The third-order valence-corrected chi connectivity index (χ3v) is 2.93. The Morgan fingerprint density at radius 2 is 1.84 bits per heavy atom. The molecule has 0 bridgehead atoms. The lowest BCUT2D eigenvalue weighted by Gasteiger charge is -2.14. The van der Waals surface area contributed by atoms with E-state index in [0.717, 1.165) is 16.7 Å². The Balaban J connectivity index is 2.59. The number of halogens is 1. The molecule has 19 heavy (non-hydrogen) atoms. The van der Waals surface area contributed by atoms with Gasteiger partial charge in [0, 0.05) is 12.1 Å². The summed E-state index contributed by atoms with van der Waals surface area (Å²) in [5, 5.41) is 0. The van der Waals surface area contributed by atoms with Crippen LogP contribution in [0.4, 0.5) is 4.39 Å². The molecule has 0 heterocycles. The van der Waals surface area contributed by atoms with E-state index in [-0.39, 0.29) is 5.82 Å². The minimum atomic E-state index is -0.276. The predicted octanol–water partition coefficient (Wildman–Crippen LogP) is 2.97. The van der Waals surface area contributed by atoms with Crippen molar-refractivity contribution in [2.75, 3.05) is 14.2 Å². The quantitative estimate of drug-likeness (QED) is 0.920. The van der Waals surface area contributed by atoms with Gasteiger partial charge < -0.3 is 15.2 Å². The Bertz CT molecular complexity index is 559. The van der Waals surface area contributed by atoms with Gasteiger partial charge in [-0.1, -0.05) is 12.1 Å². The van der Waals surface area contributed by atoms with Crippen molar-refractivity contribution in [2.45, 2.75) is 6.54 Å². The molecule has 0 aliphatic rings. The Hall–Kier alpha value is -2.07. The van der Waals surface area contributed by atoms with Crippen LogP contribution in [-0.2, 0) is 6.54 Å². The second-order valence-corrected chi connectivity index (χ2v) is 4.09. The zero-order valence-electron chi connectivity index (χ0n) is 10.9. The summed E-state index contributed by atoms with van der Waals surface area (Å²) in [4.78, 5) is 0. The molecule has 0 amide bonds. The van der Waals surface area contributed by atoms with Gasteiger partial charge in [-0.2, -0.15) is 0 Å². The number of hydrogen-bond acceptors (Lipinski definition) is 3. The molecule has 0 spiro atoms. The predicted molar refractivity (Wildman–Crippen MR) is 72.8 cm³/mol. The molecular formula is C15H16FNO2. The highest BCUT2D eigenvalue weighted by Crippen LogP contribution is 2.36. The molecule has 3 nitrogen and oxygen atoms in total. The molecule has 0 unspecified atom stereocenters. The number of nitrogens with two attached hydrogens (primary N) is 1. The number of rotatable bonds is 4. The van der Waals surface area contributed by atoms with Gasteiger partial charge in [0.1, 0.15) is 5.82 Å². The summed E-state index contributed by atoms with van der Waals surface area (Å²) in [5.41, 5.74) is 8.16. The maximum Gasteiger partial charge on any atom is 0.165 e. The normalized spacial score (nSPS) is 10.3. The molecule has 0 aliphatic carbocycles. The number of benzene rings is 2. The van der Waals surface area contributed by atoms with Gasteiger partial charge in [0.05, 0.1) is 14.2 Å². The number of hydrogen-bond donors (Lipinski definition) is 1. The minimum Gasteiger partial charge on any atom is -0.493 e. The first-order valence-electron chi connectivity index (χ1n) is 5.90. The summed E-state index contributed by atoms with van der Waals surface area (Å²) in [5.74, 6) is 0.927. The molecular weight excluding hydrogens is 245 g/mol. The van der Waals surface area contributed by atoms with Gasteiger partial charge in [-0.05, 0) is 35.4 Å². The van der Waals surface area contributed by atoms with Crippen molar-refractivity contribution in [1.82, 2.24) is 0 Å². The molecule has 0 atom stereocenters. The van der Waals surface area contributed by atoms with E-state index in [1.807, 2.05) is 18.2 Å². The van der Waals surface area contributed by atoms with Crippen molar-refractivity contribution in [3.05, 3.63) is 47.8 Å². The Morgan fingerprint density at radius 1 is 1.05 bits per heavy atom. The van der Waals surface area contributed by atoms with Crippen LogP contribution in [-0.4, -0.2) is 14.2 Å². The highest BCUT2D eigenvalue weighted by Gasteiger charge is 2.12. The van der Waals surface area contributed by atoms with Gasteiger partial charge in [0.2, 0.25) is 0 Å². The molecule has 2 aromatic rings. The van der Waals surface area contributed by atoms with Crippen LogP contribution in [0.5, 0.6) is 11.5 Å². The smallest absolute Gasteiger partial charge is 0.165 e. The molecule has 2 rings (SSSR count). The van der Waals surface area contributed by atoms with Gasteiger partial charge >= 0.3 is 0 Å². The molecule has 0 radical (unpaired) electrons. The highest BCUT2D eigenvalue weighted by molar-refractivity contribution is 5.69. The molecule has 0 aliphatic heterocycles. The van der Waals surface area contributed by atoms with E-state index in [1.165, 1.54) is 12.1 Å². The van der Waals surface area contributed by atoms with E-state index < -0.39 is 0 Å². The summed E-state index contributed by atoms with van der Waals surface area (Å²) < 4.78 is 23.9. The summed E-state index contributed by atoms with van der Waals surface area (Å²) in [7, 11) is 3.13.